The fourth-order valence-electron chi connectivity index (χ4n) is 3.08. The van der Waals surface area contributed by atoms with E-state index >= 15 is 0 Å². The van der Waals surface area contributed by atoms with Gasteiger partial charge in [-0.05, 0) is 12.1 Å². The fraction of sp³-hybridized carbons (Fsp3) is 0.471. The molecule has 0 saturated carbocycles. The molecule has 2 aromatic rings. The molecule has 8 nitrogen and oxygen atoms in total. The molecule has 1 aromatic heterocycles. The Hall–Kier alpha value is -2.29. The molecular weight excluding hydrogens is 324 g/mol. The Morgan fingerprint density at radius 1 is 1.32 bits per heavy atom. The first kappa shape index (κ1) is 17.5. The van der Waals surface area contributed by atoms with Crippen molar-refractivity contribution in [3.05, 3.63) is 36.2 Å². The van der Waals surface area contributed by atoms with Gasteiger partial charge in [0.05, 0.1) is 19.3 Å². The molecule has 8 heteroatoms. The number of H-pyrrole nitrogens is 1. The first-order valence-corrected chi connectivity index (χ1v) is 8.02. The van der Waals surface area contributed by atoms with Crippen molar-refractivity contribution < 1.29 is 19.0 Å². The Bertz CT molecular complexity index is 706. The van der Waals surface area contributed by atoms with E-state index in [9.17, 15) is 4.79 Å². The van der Waals surface area contributed by atoms with Crippen molar-refractivity contribution in [3.8, 4) is 11.4 Å². The van der Waals surface area contributed by atoms with Crippen LogP contribution in [0.4, 0.5) is 0 Å². The van der Waals surface area contributed by atoms with Crippen LogP contribution >= 0.6 is 0 Å². The molecule has 1 aliphatic rings. The molecule has 1 saturated heterocycles. The summed E-state index contributed by atoms with van der Waals surface area (Å²) >= 11 is 0. The molecule has 1 N–H and O–H groups in total. The Morgan fingerprint density at radius 3 is 2.84 bits per heavy atom. The number of nitrogens with zero attached hydrogens (tertiary/aromatic N) is 3. The predicted octanol–water partition coefficient (Wildman–Crippen LogP) is 0.972. The van der Waals surface area contributed by atoms with Gasteiger partial charge in [0, 0.05) is 32.4 Å². The van der Waals surface area contributed by atoms with Crippen molar-refractivity contribution in [1.29, 1.82) is 0 Å². The third-order valence-electron chi connectivity index (χ3n) is 4.51. The summed E-state index contributed by atoms with van der Waals surface area (Å²) in [5.74, 6) is 0.501. The molecule has 1 fully saturated rings. The van der Waals surface area contributed by atoms with Crippen LogP contribution in [0.3, 0.4) is 0 Å². The number of methoxy groups -OCH3 is 2. The van der Waals surface area contributed by atoms with Crippen LogP contribution in [0.2, 0.25) is 0 Å². The number of hydrogen-bond donors (Lipinski definition) is 1. The number of benzene rings is 1. The molecule has 2 heterocycles. The highest BCUT2D eigenvalue weighted by molar-refractivity contribution is 5.95. The van der Waals surface area contributed by atoms with E-state index in [-0.39, 0.29) is 24.2 Å². The number of likely N-dealkylation sites (N-methyl/N-ethyl adjacent to an activating group) is 1. The second-order valence-corrected chi connectivity index (χ2v) is 5.91. The van der Waals surface area contributed by atoms with E-state index in [1.54, 1.807) is 38.3 Å². The van der Waals surface area contributed by atoms with Crippen LogP contribution in [0, 0.1) is 0 Å². The quantitative estimate of drug-likeness (QED) is 0.868. The van der Waals surface area contributed by atoms with Crippen LogP contribution in [0.15, 0.2) is 30.6 Å². The highest BCUT2D eigenvalue weighted by Gasteiger charge is 2.38. The Kier molecular flexibility index (Phi) is 5.42. The molecule has 1 amide bonds. The lowest BCUT2D eigenvalue weighted by molar-refractivity contribution is -0.147. The zero-order valence-electron chi connectivity index (χ0n) is 14.5. The number of rotatable bonds is 5. The molecule has 0 bridgehead atoms. The lowest BCUT2D eigenvalue weighted by Crippen LogP contribution is -2.57. The maximum absolute atomic E-state index is 12.9. The van der Waals surface area contributed by atoms with Gasteiger partial charge in [-0.25, -0.2) is 4.98 Å². The van der Waals surface area contributed by atoms with Gasteiger partial charge in [-0.3, -0.25) is 9.89 Å². The molecular formula is C17H22N4O4. The Balaban J connectivity index is 1.81. The zero-order chi connectivity index (χ0) is 17.8. The number of aromatic amines is 1. The maximum atomic E-state index is 12.9. The van der Waals surface area contributed by atoms with E-state index in [2.05, 4.69) is 15.2 Å². The van der Waals surface area contributed by atoms with Gasteiger partial charge in [-0.1, -0.05) is 12.1 Å². The van der Waals surface area contributed by atoms with E-state index < -0.39 is 0 Å². The van der Waals surface area contributed by atoms with Gasteiger partial charge in [0.2, 0.25) is 0 Å². The molecule has 0 radical (unpaired) electrons. The summed E-state index contributed by atoms with van der Waals surface area (Å²) in [5.41, 5.74) is 1.36. The topological polar surface area (TPSA) is 89.6 Å². The number of nitrogens with one attached hydrogen (secondary N) is 1. The molecule has 1 aromatic carbocycles. The van der Waals surface area contributed by atoms with Crippen LogP contribution in [0.25, 0.3) is 11.4 Å². The van der Waals surface area contributed by atoms with E-state index in [1.807, 2.05) is 12.1 Å². The minimum absolute atomic E-state index is 0.117. The molecule has 134 valence electrons. The predicted molar refractivity (Wildman–Crippen MR) is 90.1 cm³/mol. The smallest absolute Gasteiger partial charge is 0.254 e. The number of carbonyl (C=O) groups excluding carboxylic acids is 1. The summed E-state index contributed by atoms with van der Waals surface area (Å²) in [6.45, 7) is 0.858. The third-order valence-corrected chi connectivity index (χ3v) is 4.51. The van der Waals surface area contributed by atoms with E-state index in [1.165, 1.54) is 6.33 Å². The van der Waals surface area contributed by atoms with Gasteiger partial charge in [0.1, 0.15) is 18.5 Å². The van der Waals surface area contributed by atoms with Crippen LogP contribution < -0.4 is 0 Å². The van der Waals surface area contributed by atoms with Crippen molar-refractivity contribution in [3.63, 3.8) is 0 Å². The van der Waals surface area contributed by atoms with Gasteiger partial charge < -0.3 is 19.1 Å². The second kappa shape index (κ2) is 7.73. The SMILES string of the molecule is CO[C@H]1[C@H](N(C)C(=O)c2cccc(-c3ncn[nH]3)c2)COC[C@H]1OC. The summed E-state index contributed by atoms with van der Waals surface area (Å²) in [5, 5.41) is 6.64. The lowest BCUT2D eigenvalue weighted by Gasteiger charge is -2.40. The standard InChI is InChI=1S/C17H22N4O4/c1-21(13-8-25-9-14(23-2)15(13)24-3)17(22)12-6-4-5-11(7-12)16-18-10-19-20-16/h4-7,10,13-15H,8-9H2,1-3H3,(H,18,19,20)/t13-,14-,15+/m1/s1. The molecule has 3 atom stereocenters. The number of ether oxygens (including phenoxy) is 3. The summed E-state index contributed by atoms with van der Waals surface area (Å²) in [7, 11) is 4.99. The van der Waals surface area contributed by atoms with Gasteiger partial charge in [0.25, 0.3) is 5.91 Å². The average Bonchev–Trinajstić information content (AvgIpc) is 3.21. The van der Waals surface area contributed by atoms with Crippen LogP contribution in [-0.4, -0.2) is 78.7 Å². The monoisotopic (exact) mass is 346 g/mol. The second-order valence-electron chi connectivity index (χ2n) is 5.91. The van der Waals surface area contributed by atoms with Crippen molar-refractivity contribution in [2.24, 2.45) is 0 Å². The number of aromatic nitrogens is 3. The maximum Gasteiger partial charge on any atom is 0.254 e. The summed E-state index contributed by atoms with van der Waals surface area (Å²) in [6, 6.07) is 7.03. The van der Waals surface area contributed by atoms with Crippen molar-refractivity contribution in [2.75, 3.05) is 34.5 Å². The van der Waals surface area contributed by atoms with Crippen LogP contribution in [0.1, 0.15) is 10.4 Å². The van der Waals surface area contributed by atoms with Gasteiger partial charge in [0.15, 0.2) is 5.82 Å². The third kappa shape index (κ3) is 3.55. The summed E-state index contributed by atoms with van der Waals surface area (Å²) in [6.07, 6.45) is 0.980. The Morgan fingerprint density at radius 2 is 2.16 bits per heavy atom. The zero-order valence-corrected chi connectivity index (χ0v) is 14.5. The minimum atomic E-state index is -0.245. The van der Waals surface area contributed by atoms with Crippen molar-refractivity contribution >= 4 is 5.91 Å². The molecule has 25 heavy (non-hydrogen) atoms. The van der Waals surface area contributed by atoms with Crippen molar-refractivity contribution in [1.82, 2.24) is 20.1 Å². The lowest BCUT2D eigenvalue weighted by atomic mass is 10.0. The van der Waals surface area contributed by atoms with Crippen LogP contribution in [-0.2, 0) is 14.2 Å². The number of hydrogen-bond acceptors (Lipinski definition) is 6. The van der Waals surface area contributed by atoms with E-state index in [0.29, 0.717) is 24.6 Å². The van der Waals surface area contributed by atoms with Gasteiger partial charge in [-0.15, -0.1) is 0 Å². The minimum Gasteiger partial charge on any atom is -0.376 e. The van der Waals surface area contributed by atoms with Crippen molar-refractivity contribution in [2.45, 2.75) is 18.2 Å². The van der Waals surface area contributed by atoms with E-state index in [4.69, 9.17) is 14.2 Å². The van der Waals surface area contributed by atoms with Crippen LogP contribution in [0.5, 0.6) is 0 Å². The molecule has 3 rings (SSSR count). The Labute approximate surface area is 146 Å². The first-order chi connectivity index (χ1) is 12.2. The number of carbonyl (C=O) groups is 1. The fourth-order valence-corrected chi connectivity index (χ4v) is 3.08. The average molecular weight is 346 g/mol. The molecule has 0 spiro atoms. The highest BCUT2D eigenvalue weighted by Crippen LogP contribution is 2.22. The normalized spacial score (nSPS) is 23.4. The highest BCUT2D eigenvalue weighted by atomic mass is 16.6. The largest absolute Gasteiger partial charge is 0.376 e. The first-order valence-electron chi connectivity index (χ1n) is 8.02. The molecule has 1 aliphatic heterocycles. The van der Waals surface area contributed by atoms with E-state index in [0.717, 1.165) is 5.56 Å². The van der Waals surface area contributed by atoms with Gasteiger partial charge in [-0.2, -0.15) is 5.10 Å². The summed E-state index contributed by atoms with van der Waals surface area (Å²) < 4.78 is 16.6. The molecule has 0 aliphatic carbocycles. The van der Waals surface area contributed by atoms with Gasteiger partial charge >= 0.3 is 0 Å². The number of amides is 1. The molecule has 0 unspecified atom stereocenters. The summed E-state index contributed by atoms with van der Waals surface area (Å²) in [4.78, 5) is 18.7.